The first-order chi connectivity index (χ1) is 5.91. The van der Waals surface area contributed by atoms with Crippen LogP contribution in [0.2, 0.25) is 0 Å². The number of hydrogen-bond donors (Lipinski definition) is 0. The quantitative estimate of drug-likeness (QED) is 0.726. The normalized spacial score (nSPS) is 14.1. The minimum absolute atomic E-state index is 0.310. The molecule has 0 aliphatic heterocycles. The van der Waals surface area contributed by atoms with Gasteiger partial charge in [0.05, 0.1) is 0 Å². The zero-order chi connectivity index (χ0) is 10.1. The molecule has 0 saturated carbocycles. The molecule has 0 aliphatic rings. The van der Waals surface area contributed by atoms with Crippen LogP contribution in [0.5, 0.6) is 0 Å². The Morgan fingerprint density at radius 1 is 1.38 bits per heavy atom. The zero-order valence-electron chi connectivity index (χ0n) is 6.25. The van der Waals surface area contributed by atoms with Crippen molar-refractivity contribution >= 4 is 19.7 Å². The fraction of sp³-hybridized carbons (Fsp3) is 0.143. The van der Waals surface area contributed by atoms with E-state index < -0.39 is 20.4 Å². The Bertz CT molecular complexity index is 405. The predicted octanol–water partition coefficient (Wildman–Crippen LogP) is 2.36. The van der Waals surface area contributed by atoms with Gasteiger partial charge in [-0.15, -0.1) is 0 Å². The molecule has 1 atom stereocenters. The molecule has 0 aliphatic carbocycles. The Balaban J connectivity index is 3.10. The second-order valence-electron chi connectivity index (χ2n) is 2.35. The highest BCUT2D eigenvalue weighted by atomic mass is 35.7. The molecule has 1 aromatic rings. The topological polar surface area (TPSA) is 34.1 Å². The van der Waals surface area contributed by atoms with Gasteiger partial charge in [0.1, 0.15) is 5.82 Å². The molecule has 0 bridgehead atoms. The second-order valence-corrected chi connectivity index (χ2v) is 5.00. The van der Waals surface area contributed by atoms with Crippen LogP contribution >= 0.6 is 10.7 Å². The first-order valence-electron chi connectivity index (χ1n) is 3.24. The number of alkyl halides is 1. The first-order valence-corrected chi connectivity index (χ1v) is 5.61. The van der Waals surface area contributed by atoms with Crippen molar-refractivity contribution in [3.63, 3.8) is 0 Å². The third-order valence-electron chi connectivity index (χ3n) is 1.36. The van der Waals surface area contributed by atoms with E-state index in [1.807, 2.05) is 0 Å². The van der Waals surface area contributed by atoms with Gasteiger partial charge in [-0.1, -0.05) is 12.1 Å². The summed E-state index contributed by atoms with van der Waals surface area (Å²) in [6.07, 6.45) is 0. The lowest BCUT2D eigenvalue weighted by atomic mass is 10.2. The monoisotopic (exact) mass is 226 g/mol. The maximum Gasteiger partial charge on any atom is 0.269 e. The van der Waals surface area contributed by atoms with Crippen LogP contribution in [0, 0.1) is 5.82 Å². The van der Waals surface area contributed by atoms with E-state index in [4.69, 9.17) is 10.7 Å². The minimum Gasteiger partial charge on any atom is -0.223 e. The number of rotatable bonds is 2. The fourth-order valence-electron chi connectivity index (χ4n) is 0.810. The van der Waals surface area contributed by atoms with E-state index in [0.717, 1.165) is 18.2 Å². The predicted molar refractivity (Wildman–Crippen MR) is 45.0 cm³/mol. The van der Waals surface area contributed by atoms with Crippen molar-refractivity contribution in [1.82, 2.24) is 0 Å². The van der Waals surface area contributed by atoms with Crippen molar-refractivity contribution in [2.75, 3.05) is 0 Å². The summed E-state index contributed by atoms with van der Waals surface area (Å²) in [6.45, 7) is 0. The molecule has 13 heavy (non-hydrogen) atoms. The standard InChI is InChI=1S/C7H5ClF2O2S/c8-13(11,12)7(10)5-2-1-3-6(9)4-5/h1-4,7H. The Hall–Kier alpha value is -0.680. The Kier molecular flexibility index (Phi) is 2.87. The van der Waals surface area contributed by atoms with Gasteiger partial charge in [0, 0.05) is 16.2 Å². The van der Waals surface area contributed by atoms with Gasteiger partial charge in [0.25, 0.3) is 9.05 Å². The molecule has 0 amide bonds. The molecule has 0 heterocycles. The molecular formula is C7H5ClF2O2S. The molecule has 0 saturated heterocycles. The summed E-state index contributed by atoms with van der Waals surface area (Å²) in [5.41, 5.74) is -2.69. The SMILES string of the molecule is O=S(=O)(Cl)C(F)c1cccc(F)c1. The van der Waals surface area contributed by atoms with E-state index in [2.05, 4.69) is 0 Å². The van der Waals surface area contributed by atoms with Gasteiger partial charge in [-0.2, -0.15) is 0 Å². The van der Waals surface area contributed by atoms with Gasteiger partial charge in [-0.3, -0.25) is 0 Å². The lowest BCUT2D eigenvalue weighted by Gasteiger charge is -2.03. The van der Waals surface area contributed by atoms with E-state index in [-0.39, 0.29) is 5.56 Å². The maximum atomic E-state index is 12.9. The van der Waals surface area contributed by atoms with Crippen molar-refractivity contribution in [3.05, 3.63) is 35.6 Å². The van der Waals surface area contributed by atoms with Crippen molar-refractivity contribution in [2.45, 2.75) is 5.50 Å². The zero-order valence-corrected chi connectivity index (χ0v) is 7.82. The lowest BCUT2D eigenvalue weighted by Crippen LogP contribution is -2.01. The number of halogens is 3. The van der Waals surface area contributed by atoms with Crippen LogP contribution in [-0.4, -0.2) is 8.42 Å². The summed E-state index contributed by atoms with van der Waals surface area (Å²) in [5.74, 6) is -0.708. The highest BCUT2D eigenvalue weighted by molar-refractivity contribution is 8.13. The van der Waals surface area contributed by atoms with E-state index in [1.54, 1.807) is 0 Å². The van der Waals surface area contributed by atoms with Gasteiger partial charge in [-0.25, -0.2) is 17.2 Å². The molecule has 1 rings (SSSR count). The third-order valence-corrected chi connectivity index (χ3v) is 2.59. The largest absolute Gasteiger partial charge is 0.269 e. The summed E-state index contributed by atoms with van der Waals surface area (Å²) < 4.78 is 46.5. The molecule has 0 spiro atoms. The summed E-state index contributed by atoms with van der Waals surface area (Å²) >= 11 is 0. The van der Waals surface area contributed by atoms with Crippen molar-refractivity contribution in [2.24, 2.45) is 0 Å². The highest BCUT2D eigenvalue weighted by Gasteiger charge is 2.24. The summed E-state index contributed by atoms with van der Waals surface area (Å²) in [6, 6.07) is 4.22. The average Bonchev–Trinajstić information content (AvgIpc) is 2.01. The molecule has 1 unspecified atom stereocenters. The van der Waals surface area contributed by atoms with Crippen molar-refractivity contribution in [3.8, 4) is 0 Å². The van der Waals surface area contributed by atoms with Gasteiger partial charge >= 0.3 is 0 Å². The fourth-order valence-corrected chi connectivity index (χ4v) is 1.59. The van der Waals surface area contributed by atoms with Gasteiger partial charge in [0.15, 0.2) is 0 Å². The molecule has 0 aromatic heterocycles. The van der Waals surface area contributed by atoms with E-state index in [1.165, 1.54) is 6.07 Å². The summed E-state index contributed by atoms with van der Waals surface area (Å²) in [4.78, 5) is 0. The van der Waals surface area contributed by atoms with Crippen LogP contribution in [0.15, 0.2) is 24.3 Å². The van der Waals surface area contributed by atoms with Crippen LogP contribution in [0.3, 0.4) is 0 Å². The smallest absolute Gasteiger partial charge is 0.223 e. The molecular weight excluding hydrogens is 222 g/mol. The average molecular weight is 227 g/mol. The Morgan fingerprint density at radius 3 is 2.46 bits per heavy atom. The molecule has 0 radical (unpaired) electrons. The first kappa shape index (κ1) is 10.4. The minimum atomic E-state index is -4.33. The summed E-state index contributed by atoms with van der Waals surface area (Å²) in [5, 5.41) is 0. The third kappa shape index (κ3) is 2.63. The van der Waals surface area contributed by atoms with E-state index in [0.29, 0.717) is 0 Å². The second kappa shape index (κ2) is 3.59. The van der Waals surface area contributed by atoms with Gasteiger partial charge in [0.2, 0.25) is 5.50 Å². The Morgan fingerprint density at radius 2 is 2.00 bits per heavy atom. The number of benzene rings is 1. The Labute approximate surface area is 78.6 Å². The molecule has 1 aromatic carbocycles. The highest BCUT2D eigenvalue weighted by Crippen LogP contribution is 2.26. The van der Waals surface area contributed by atoms with Gasteiger partial charge < -0.3 is 0 Å². The lowest BCUT2D eigenvalue weighted by molar-refractivity contribution is 0.436. The van der Waals surface area contributed by atoms with Crippen LogP contribution in [0.1, 0.15) is 11.1 Å². The van der Waals surface area contributed by atoms with Crippen LogP contribution in [-0.2, 0) is 9.05 Å². The summed E-state index contributed by atoms with van der Waals surface area (Å²) in [7, 11) is 0.412. The molecule has 2 nitrogen and oxygen atoms in total. The maximum absolute atomic E-state index is 12.9. The van der Waals surface area contributed by atoms with E-state index >= 15 is 0 Å². The van der Waals surface area contributed by atoms with Gasteiger partial charge in [-0.05, 0) is 12.1 Å². The molecule has 0 N–H and O–H groups in total. The molecule has 6 heteroatoms. The van der Waals surface area contributed by atoms with Crippen molar-refractivity contribution in [1.29, 1.82) is 0 Å². The molecule has 0 fully saturated rings. The molecule has 72 valence electrons. The van der Waals surface area contributed by atoms with E-state index in [9.17, 15) is 17.2 Å². The van der Waals surface area contributed by atoms with Crippen LogP contribution in [0.4, 0.5) is 8.78 Å². The van der Waals surface area contributed by atoms with Crippen LogP contribution in [0.25, 0.3) is 0 Å². The van der Waals surface area contributed by atoms with Crippen molar-refractivity contribution < 1.29 is 17.2 Å². The number of hydrogen-bond acceptors (Lipinski definition) is 2. The van der Waals surface area contributed by atoms with Crippen LogP contribution < -0.4 is 0 Å².